The highest BCUT2D eigenvalue weighted by Gasteiger charge is 2.39. The summed E-state index contributed by atoms with van der Waals surface area (Å²) >= 11 is 0.937. The number of anilines is 1. The fourth-order valence-corrected chi connectivity index (χ4v) is 5.56. The number of nitrogens with two attached hydrogens (primary N) is 1. The Bertz CT molecular complexity index is 1130. The van der Waals surface area contributed by atoms with Gasteiger partial charge < -0.3 is 10.4 Å². The van der Waals surface area contributed by atoms with E-state index in [0.717, 1.165) is 11.3 Å². The number of pyridine rings is 1. The van der Waals surface area contributed by atoms with Gasteiger partial charge in [-0.15, -0.1) is 15.7 Å². The number of rotatable bonds is 3. The van der Waals surface area contributed by atoms with E-state index in [4.69, 9.17) is 5.14 Å². The molecule has 4 N–H and O–H groups in total. The smallest absolute Gasteiger partial charge is 0.386 e. The number of urea groups is 1. The second kappa shape index (κ2) is 7.59. The maximum Gasteiger partial charge on any atom is 0.420 e. The molecule has 2 aromatic rings. The average molecular weight is 463 g/mol. The summed E-state index contributed by atoms with van der Waals surface area (Å²) in [6, 6.07) is 0.116. The first-order chi connectivity index (χ1) is 13.7. The number of aromatic nitrogens is 1. The highest BCUT2D eigenvalue weighted by molar-refractivity contribution is 7.93. The van der Waals surface area contributed by atoms with Gasteiger partial charge in [0.15, 0.2) is 9.92 Å². The molecular weight excluding hydrogens is 441 g/mol. The first kappa shape index (κ1) is 22.7. The van der Waals surface area contributed by atoms with Crippen LogP contribution in [0.4, 0.5) is 23.7 Å². The molecule has 0 bridgehead atoms. The van der Waals surface area contributed by atoms with Crippen LogP contribution in [0.2, 0.25) is 0 Å². The molecule has 0 fully saturated rings. The van der Waals surface area contributed by atoms with E-state index in [9.17, 15) is 27.3 Å². The lowest BCUT2D eigenvalue weighted by atomic mass is 10.0. The molecule has 164 valence electrons. The molecule has 1 aliphatic carbocycles. The maximum atomic E-state index is 13.6. The molecule has 0 radical (unpaired) electrons. The van der Waals surface area contributed by atoms with Crippen molar-refractivity contribution in [2.24, 2.45) is 9.50 Å². The van der Waals surface area contributed by atoms with Crippen LogP contribution in [0.5, 0.6) is 0 Å². The standard InChI is InChI=1S/C18H21F3N4O3S2/c1-9-14(18(19,20)21)15(11-5-4-6-12(11)23-9)24-16(26)25-30(22,28)13-7-10(8-29-13)17(2,3)27/h7-8,27H,4-6H2,1-3H3,(H3,22,23,24,25,26,28). The summed E-state index contributed by atoms with van der Waals surface area (Å²) in [5.41, 5.74) is -1.69. The normalized spacial score (nSPS) is 16.1. The summed E-state index contributed by atoms with van der Waals surface area (Å²) in [4.78, 5) is 16.5. The number of carbonyl (C=O) groups is 1. The number of hydrogen-bond donors (Lipinski definition) is 3. The zero-order valence-corrected chi connectivity index (χ0v) is 18.1. The molecule has 0 aromatic carbocycles. The van der Waals surface area contributed by atoms with Crippen LogP contribution in [-0.4, -0.2) is 20.3 Å². The number of alkyl halides is 3. The van der Waals surface area contributed by atoms with Gasteiger partial charge in [-0.2, -0.15) is 13.2 Å². The lowest BCUT2D eigenvalue weighted by Gasteiger charge is -2.18. The Morgan fingerprint density at radius 3 is 2.60 bits per heavy atom. The van der Waals surface area contributed by atoms with Gasteiger partial charge in [0.1, 0.15) is 9.77 Å². The van der Waals surface area contributed by atoms with Crippen LogP contribution in [-0.2, 0) is 34.5 Å². The second-order valence-electron chi connectivity index (χ2n) is 7.53. The third kappa shape index (κ3) is 4.51. The Morgan fingerprint density at radius 1 is 1.37 bits per heavy atom. The summed E-state index contributed by atoms with van der Waals surface area (Å²) in [5.74, 6) is 0. The molecule has 0 saturated carbocycles. The molecule has 3 rings (SSSR count). The Labute approximate surface area is 175 Å². The molecule has 1 aliphatic rings. The third-order valence-electron chi connectivity index (χ3n) is 4.71. The zero-order valence-electron chi connectivity index (χ0n) is 16.5. The molecule has 2 heterocycles. The van der Waals surface area contributed by atoms with Crippen LogP contribution in [0.3, 0.4) is 0 Å². The molecule has 0 spiro atoms. The molecule has 2 amide bonds. The van der Waals surface area contributed by atoms with Crippen molar-refractivity contribution >= 4 is 33.0 Å². The molecule has 2 aromatic heterocycles. The van der Waals surface area contributed by atoms with Crippen molar-refractivity contribution in [2.45, 2.75) is 56.0 Å². The number of halogens is 3. The molecule has 1 atom stereocenters. The second-order valence-corrected chi connectivity index (χ2v) is 10.5. The van der Waals surface area contributed by atoms with Crippen molar-refractivity contribution in [3.05, 3.63) is 39.5 Å². The average Bonchev–Trinajstić information content (AvgIpc) is 3.21. The van der Waals surface area contributed by atoms with Crippen molar-refractivity contribution in [1.29, 1.82) is 0 Å². The van der Waals surface area contributed by atoms with Gasteiger partial charge in [-0.25, -0.2) is 14.1 Å². The lowest BCUT2D eigenvalue weighted by molar-refractivity contribution is -0.137. The predicted octanol–water partition coefficient (Wildman–Crippen LogP) is 4.12. The number of carbonyl (C=O) groups excluding carboxylic acids is 1. The molecular formula is C18H21F3N4O3S2. The number of amides is 2. The van der Waals surface area contributed by atoms with Crippen molar-refractivity contribution in [2.75, 3.05) is 5.32 Å². The SMILES string of the molecule is Cc1nc2c(c(NC(=O)N=S(N)(=O)c3cc(C(C)(C)O)cs3)c1C(F)(F)F)CCC2. The minimum atomic E-state index is -4.74. The number of nitrogens with zero attached hydrogens (tertiary/aromatic N) is 2. The molecule has 1 unspecified atom stereocenters. The number of thiophene rings is 1. The maximum absolute atomic E-state index is 13.6. The van der Waals surface area contributed by atoms with Gasteiger partial charge in [-0.05, 0) is 62.6 Å². The monoisotopic (exact) mass is 462 g/mol. The van der Waals surface area contributed by atoms with Crippen LogP contribution in [0.1, 0.15) is 48.3 Å². The molecule has 0 saturated heterocycles. The topological polar surface area (TPSA) is 118 Å². The van der Waals surface area contributed by atoms with Gasteiger partial charge in [-0.3, -0.25) is 4.98 Å². The highest BCUT2D eigenvalue weighted by atomic mass is 32.2. The molecule has 7 nitrogen and oxygen atoms in total. The van der Waals surface area contributed by atoms with Crippen LogP contribution in [0.15, 0.2) is 20.0 Å². The van der Waals surface area contributed by atoms with E-state index in [-0.39, 0.29) is 9.90 Å². The zero-order chi connectivity index (χ0) is 22.5. The number of fused-ring (bicyclic) bond motifs is 1. The van der Waals surface area contributed by atoms with E-state index in [1.807, 2.05) is 0 Å². The van der Waals surface area contributed by atoms with Crippen LogP contribution >= 0.6 is 11.3 Å². The third-order valence-corrected chi connectivity index (χ3v) is 7.57. The van der Waals surface area contributed by atoms with Gasteiger partial charge >= 0.3 is 12.2 Å². The Kier molecular flexibility index (Phi) is 5.73. The predicted molar refractivity (Wildman–Crippen MR) is 108 cm³/mol. The van der Waals surface area contributed by atoms with Gasteiger partial charge in [0.2, 0.25) is 0 Å². The van der Waals surface area contributed by atoms with Gasteiger partial charge in [0.05, 0.1) is 17.0 Å². The van der Waals surface area contributed by atoms with Gasteiger partial charge in [0.25, 0.3) is 0 Å². The van der Waals surface area contributed by atoms with Crippen molar-refractivity contribution in [3.8, 4) is 0 Å². The minimum absolute atomic E-state index is 0.0296. The quantitative estimate of drug-likeness (QED) is 0.636. The van der Waals surface area contributed by atoms with E-state index in [2.05, 4.69) is 14.7 Å². The fourth-order valence-electron chi connectivity index (χ4n) is 3.28. The van der Waals surface area contributed by atoms with Crippen molar-refractivity contribution < 1.29 is 27.3 Å². The molecule has 30 heavy (non-hydrogen) atoms. The highest BCUT2D eigenvalue weighted by Crippen LogP contribution is 2.41. The van der Waals surface area contributed by atoms with E-state index in [1.165, 1.54) is 32.2 Å². The van der Waals surface area contributed by atoms with Crippen LogP contribution in [0.25, 0.3) is 0 Å². The number of nitrogens with one attached hydrogen (secondary N) is 1. The lowest BCUT2D eigenvalue weighted by Crippen LogP contribution is -2.21. The van der Waals surface area contributed by atoms with Crippen molar-refractivity contribution in [3.63, 3.8) is 0 Å². The summed E-state index contributed by atoms with van der Waals surface area (Å²) in [6.45, 7) is 4.27. The number of aryl methyl sites for hydroxylation is 2. The first-order valence-electron chi connectivity index (χ1n) is 8.97. The van der Waals surface area contributed by atoms with Crippen molar-refractivity contribution in [1.82, 2.24) is 4.98 Å². The Hall–Kier alpha value is -2.02. The first-order valence-corrected chi connectivity index (χ1v) is 11.4. The Morgan fingerprint density at radius 2 is 2.03 bits per heavy atom. The minimum Gasteiger partial charge on any atom is -0.386 e. The Balaban J connectivity index is 2.00. The van der Waals surface area contributed by atoms with Gasteiger partial charge in [-0.1, -0.05) is 0 Å². The largest absolute Gasteiger partial charge is 0.420 e. The molecule has 0 aliphatic heterocycles. The van der Waals surface area contributed by atoms with E-state index in [1.54, 1.807) is 0 Å². The summed E-state index contributed by atoms with van der Waals surface area (Å²) < 4.78 is 57.1. The summed E-state index contributed by atoms with van der Waals surface area (Å²) in [6.07, 6.45) is -3.28. The number of hydrogen-bond acceptors (Lipinski definition) is 5. The summed E-state index contributed by atoms with van der Waals surface area (Å²) in [7, 11) is -3.72. The van der Waals surface area contributed by atoms with Crippen LogP contribution < -0.4 is 10.5 Å². The summed E-state index contributed by atoms with van der Waals surface area (Å²) in [5, 5.41) is 19.4. The van der Waals surface area contributed by atoms with E-state index < -0.39 is 39.0 Å². The fraction of sp³-hybridized carbons (Fsp3) is 0.444. The number of aliphatic hydroxyl groups is 1. The van der Waals surface area contributed by atoms with E-state index in [0.29, 0.717) is 36.1 Å². The van der Waals surface area contributed by atoms with Crippen LogP contribution in [0, 0.1) is 6.92 Å². The van der Waals surface area contributed by atoms with Gasteiger partial charge in [0, 0.05) is 5.69 Å². The molecule has 12 heteroatoms. The van der Waals surface area contributed by atoms with E-state index >= 15 is 0 Å².